The molecule has 0 bridgehead atoms. The van der Waals surface area contributed by atoms with E-state index in [0.29, 0.717) is 5.76 Å². The molecule has 1 fully saturated rings. The molecule has 0 radical (unpaired) electrons. The van der Waals surface area contributed by atoms with Gasteiger partial charge in [0.25, 0.3) is 0 Å². The van der Waals surface area contributed by atoms with Crippen LogP contribution in [0.1, 0.15) is 6.92 Å². The van der Waals surface area contributed by atoms with Gasteiger partial charge in [0.15, 0.2) is 5.76 Å². The highest BCUT2D eigenvalue weighted by molar-refractivity contribution is 8.03. The molecule has 1 saturated heterocycles. The summed E-state index contributed by atoms with van der Waals surface area (Å²) in [7, 11) is 0. The van der Waals surface area contributed by atoms with Crippen molar-refractivity contribution in [3.05, 3.63) is 10.8 Å². The molecule has 0 aliphatic carbocycles. The number of rotatable bonds is 1. The second-order valence-corrected chi connectivity index (χ2v) is 3.17. The molecule has 0 saturated carbocycles. The number of hydrogen-bond donors (Lipinski definition) is 2. The fraction of sp³-hybridized carbons (Fsp3) is 0.500. The molecule has 0 aromatic carbocycles. The smallest absolute Gasteiger partial charge is 0.150 e. The second kappa shape index (κ2) is 3.51. The number of nitrogens with one attached hydrogen (secondary N) is 1. The number of nitrogens with two attached hydrogens (primary N) is 1. The Hall–Kier alpha value is -0.860. The van der Waals surface area contributed by atoms with Gasteiger partial charge >= 0.3 is 0 Å². The largest absolute Gasteiger partial charge is 0.414 e. The van der Waals surface area contributed by atoms with Crippen molar-refractivity contribution in [2.75, 3.05) is 5.75 Å². The Labute approximate surface area is 69.3 Å². The second-order valence-electron chi connectivity index (χ2n) is 2.14. The third-order valence-electron chi connectivity index (χ3n) is 1.35. The predicted octanol–water partition coefficient (Wildman–Crippen LogP) is 0.294. The number of hydrogen-bond acceptors (Lipinski definition) is 5. The van der Waals surface area contributed by atoms with Crippen LogP contribution >= 0.6 is 11.8 Å². The van der Waals surface area contributed by atoms with Crippen LogP contribution in [0.3, 0.4) is 0 Å². The summed E-state index contributed by atoms with van der Waals surface area (Å²) in [6.07, 6.45) is 0. The molecule has 4 nitrogen and oxygen atoms in total. The lowest BCUT2D eigenvalue weighted by atomic mass is 10.4. The highest BCUT2D eigenvalue weighted by atomic mass is 32.2. The maximum absolute atomic E-state index is 8.52. The highest BCUT2D eigenvalue weighted by Crippen LogP contribution is 2.24. The topological polar surface area (TPSA) is 71.1 Å². The van der Waals surface area contributed by atoms with Crippen molar-refractivity contribution in [2.45, 2.75) is 13.0 Å². The molecule has 1 rings (SSSR count). The van der Waals surface area contributed by atoms with E-state index < -0.39 is 0 Å². The Morgan fingerprint density at radius 3 is 3.18 bits per heavy atom. The van der Waals surface area contributed by atoms with E-state index in [0.717, 1.165) is 10.8 Å². The van der Waals surface area contributed by atoms with Gasteiger partial charge in [0, 0.05) is 5.75 Å². The van der Waals surface area contributed by atoms with E-state index >= 15 is 0 Å². The van der Waals surface area contributed by atoms with E-state index in [-0.39, 0.29) is 6.04 Å². The molecule has 1 unspecified atom stereocenters. The minimum absolute atomic E-state index is 0.111. The third kappa shape index (κ3) is 1.79. The van der Waals surface area contributed by atoms with Crippen LogP contribution in [0.15, 0.2) is 10.8 Å². The van der Waals surface area contributed by atoms with Gasteiger partial charge in [-0.3, -0.25) is 0 Å². The Morgan fingerprint density at radius 2 is 2.73 bits per heavy atom. The van der Waals surface area contributed by atoms with Gasteiger partial charge in [-0.1, -0.05) is 0 Å². The number of thioether (sulfide) groups is 1. The number of allylic oxidation sites excluding steroid dienone is 1. The Balaban J connectivity index is 2.61. The van der Waals surface area contributed by atoms with Crippen LogP contribution < -0.4 is 11.2 Å². The molecular formula is C6H9N3OS. The Morgan fingerprint density at radius 1 is 2.00 bits per heavy atom. The zero-order valence-electron chi connectivity index (χ0n) is 6.13. The molecule has 1 aliphatic heterocycles. The van der Waals surface area contributed by atoms with Gasteiger partial charge in [-0.2, -0.15) is 11.2 Å². The lowest BCUT2D eigenvalue weighted by molar-refractivity contribution is 0.219. The number of nitriles is 1. The van der Waals surface area contributed by atoms with E-state index in [1.165, 1.54) is 0 Å². The summed E-state index contributed by atoms with van der Waals surface area (Å²) in [4.78, 5) is 4.51. The first-order valence-corrected chi connectivity index (χ1v) is 4.13. The molecule has 5 heteroatoms. The molecule has 1 heterocycles. The van der Waals surface area contributed by atoms with E-state index in [9.17, 15) is 0 Å². The molecule has 0 amide bonds. The molecule has 60 valence electrons. The molecule has 0 aromatic rings. The first kappa shape index (κ1) is 8.24. The van der Waals surface area contributed by atoms with Gasteiger partial charge in [0.05, 0.1) is 6.07 Å². The summed E-state index contributed by atoms with van der Waals surface area (Å²) >= 11 is 1.55. The van der Waals surface area contributed by atoms with Crippen LogP contribution in [0.25, 0.3) is 0 Å². The summed E-state index contributed by atoms with van der Waals surface area (Å²) in [6.45, 7) is 1.76. The van der Waals surface area contributed by atoms with Crippen LogP contribution in [0.4, 0.5) is 0 Å². The maximum Gasteiger partial charge on any atom is 0.150 e. The van der Waals surface area contributed by atoms with Crippen LogP contribution in [0.2, 0.25) is 0 Å². The van der Waals surface area contributed by atoms with E-state index in [1.807, 2.05) is 0 Å². The summed E-state index contributed by atoms with van der Waals surface area (Å²) in [5, 5.41) is 12.3. The van der Waals surface area contributed by atoms with Crippen molar-refractivity contribution in [3.8, 4) is 6.07 Å². The average molecular weight is 171 g/mol. The highest BCUT2D eigenvalue weighted by Gasteiger charge is 2.20. The minimum atomic E-state index is -0.111. The molecule has 1 atom stereocenters. The van der Waals surface area contributed by atoms with Gasteiger partial charge in [-0.25, -0.2) is 0 Å². The Bertz CT molecular complexity index is 220. The van der Waals surface area contributed by atoms with Gasteiger partial charge < -0.3 is 10.2 Å². The lowest BCUT2D eigenvalue weighted by Crippen LogP contribution is -2.21. The molecule has 0 aromatic heterocycles. The maximum atomic E-state index is 8.52. The van der Waals surface area contributed by atoms with Gasteiger partial charge in [0.2, 0.25) is 0 Å². The zero-order valence-corrected chi connectivity index (χ0v) is 6.94. The van der Waals surface area contributed by atoms with Gasteiger partial charge in [-0.05, 0) is 6.92 Å². The average Bonchev–Trinajstić information content (AvgIpc) is 2.50. The van der Waals surface area contributed by atoms with Crippen LogP contribution in [-0.4, -0.2) is 11.8 Å². The standard InChI is InChI=1S/C6H9N3OS/c1-4(10-8)6-9-5(2-7)3-11-6/h5,9H,3,8H2,1H3. The zero-order chi connectivity index (χ0) is 8.27. The predicted molar refractivity (Wildman–Crippen MR) is 43.0 cm³/mol. The van der Waals surface area contributed by atoms with Crippen molar-refractivity contribution < 1.29 is 4.84 Å². The summed E-state index contributed by atoms with van der Waals surface area (Å²) in [5.74, 6) is 6.33. The van der Waals surface area contributed by atoms with Gasteiger partial charge in [0.1, 0.15) is 11.1 Å². The minimum Gasteiger partial charge on any atom is -0.414 e. The van der Waals surface area contributed by atoms with Gasteiger partial charge in [-0.15, -0.1) is 11.8 Å². The first-order valence-electron chi connectivity index (χ1n) is 3.14. The molecule has 3 N–H and O–H groups in total. The fourth-order valence-corrected chi connectivity index (χ4v) is 1.70. The van der Waals surface area contributed by atoms with Crippen LogP contribution in [0.5, 0.6) is 0 Å². The quantitative estimate of drug-likeness (QED) is 0.438. The van der Waals surface area contributed by atoms with E-state index in [4.69, 9.17) is 11.2 Å². The molecule has 11 heavy (non-hydrogen) atoms. The lowest BCUT2D eigenvalue weighted by Gasteiger charge is -2.03. The molecule has 0 spiro atoms. The van der Waals surface area contributed by atoms with Crippen molar-refractivity contribution in [3.63, 3.8) is 0 Å². The van der Waals surface area contributed by atoms with Crippen molar-refractivity contribution in [2.24, 2.45) is 5.90 Å². The third-order valence-corrected chi connectivity index (χ3v) is 2.55. The summed E-state index contributed by atoms with van der Waals surface area (Å²) < 4.78 is 0. The SMILES string of the molecule is CC(ON)=C1NC(C#N)CS1. The fourth-order valence-electron chi connectivity index (χ4n) is 0.735. The summed E-state index contributed by atoms with van der Waals surface area (Å²) in [5.41, 5.74) is 0. The van der Waals surface area contributed by atoms with E-state index in [2.05, 4.69) is 16.2 Å². The molecular weight excluding hydrogens is 162 g/mol. The molecule has 1 aliphatic rings. The van der Waals surface area contributed by atoms with E-state index in [1.54, 1.807) is 18.7 Å². The monoisotopic (exact) mass is 171 g/mol. The van der Waals surface area contributed by atoms with Crippen molar-refractivity contribution in [1.82, 2.24) is 5.32 Å². The van der Waals surface area contributed by atoms with Crippen LogP contribution in [-0.2, 0) is 4.84 Å². The van der Waals surface area contributed by atoms with Crippen LogP contribution in [0, 0.1) is 11.3 Å². The van der Waals surface area contributed by atoms with Crippen molar-refractivity contribution in [1.29, 1.82) is 5.26 Å². The summed E-state index contributed by atoms with van der Waals surface area (Å²) in [6, 6.07) is 2.00. The first-order chi connectivity index (χ1) is 5.27. The Kier molecular flexibility index (Phi) is 2.63. The normalized spacial score (nSPS) is 27.2. The van der Waals surface area contributed by atoms with Crippen molar-refractivity contribution >= 4 is 11.8 Å². The number of nitrogens with zero attached hydrogens (tertiary/aromatic N) is 1.